The summed E-state index contributed by atoms with van der Waals surface area (Å²) in [5.74, 6) is 2.26. The highest BCUT2D eigenvalue weighted by Gasteiger charge is 2.11. The first kappa shape index (κ1) is 17.3. The summed E-state index contributed by atoms with van der Waals surface area (Å²) in [7, 11) is 4.92. The molecule has 5 heteroatoms. The van der Waals surface area contributed by atoms with Gasteiger partial charge in [0.15, 0.2) is 0 Å². The van der Waals surface area contributed by atoms with Gasteiger partial charge >= 0.3 is 0 Å². The van der Waals surface area contributed by atoms with E-state index in [9.17, 15) is 0 Å². The number of rotatable bonds is 5. The zero-order valence-electron chi connectivity index (χ0n) is 14.2. The second-order valence-electron chi connectivity index (χ2n) is 5.32. The SMILES string of the molecule is COc1ccc(-c2cccc(-c3ccc(OC)c(Br)c3)n2)c(OC)c1. The number of hydrogen-bond acceptors (Lipinski definition) is 4. The Kier molecular flexibility index (Phi) is 5.24. The maximum Gasteiger partial charge on any atom is 0.133 e. The second-order valence-corrected chi connectivity index (χ2v) is 6.18. The van der Waals surface area contributed by atoms with Crippen LogP contribution in [0.4, 0.5) is 0 Å². The molecular formula is C20H18BrNO3. The topological polar surface area (TPSA) is 40.6 Å². The van der Waals surface area contributed by atoms with E-state index in [0.717, 1.165) is 44.2 Å². The van der Waals surface area contributed by atoms with E-state index in [1.54, 1.807) is 21.3 Å². The second kappa shape index (κ2) is 7.57. The van der Waals surface area contributed by atoms with Crippen LogP contribution in [0, 0.1) is 0 Å². The minimum atomic E-state index is 0.722. The molecule has 128 valence electrons. The Morgan fingerprint density at radius 3 is 2.20 bits per heavy atom. The molecule has 3 aromatic rings. The van der Waals surface area contributed by atoms with Crippen LogP contribution in [0.1, 0.15) is 0 Å². The highest BCUT2D eigenvalue weighted by molar-refractivity contribution is 9.10. The maximum atomic E-state index is 5.49. The molecule has 4 nitrogen and oxygen atoms in total. The molecule has 0 N–H and O–H groups in total. The Bertz CT molecular complexity index is 896. The molecule has 0 fully saturated rings. The van der Waals surface area contributed by atoms with Crippen LogP contribution in [0.5, 0.6) is 17.2 Å². The molecule has 0 amide bonds. The van der Waals surface area contributed by atoms with Crippen LogP contribution in [0.3, 0.4) is 0 Å². The Balaban J connectivity index is 2.04. The Hall–Kier alpha value is -2.53. The zero-order chi connectivity index (χ0) is 17.8. The van der Waals surface area contributed by atoms with Gasteiger partial charge in [-0.15, -0.1) is 0 Å². The van der Waals surface area contributed by atoms with E-state index in [4.69, 9.17) is 19.2 Å². The molecule has 0 saturated heterocycles. The van der Waals surface area contributed by atoms with Gasteiger partial charge in [-0.3, -0.25) is 0 Å². The van der Waals surface area contributed by atoms with Crippen LogP contribution in [0.25, 0.3) is 22.5 Å². The zero-order valence-corrected chi connectivity index (χ0v) is 15.8. The van der Waals surface area contributed by atoms with E-state index >= 15 is 0 Å². The van der Waals surface area contributed by atoms with Crippen molar-refractivity contribution in [2.75, 3.05) is 21.3 Å². The number of ether oxygens (including phenoxy) is 3. The minimum absolute atomic E-state index is 0.722. The van der Waals surface area contributed by atoms with Crippen LogP contribution < -0.4 is 14.2 Å². The van der Waals surface area contributed by atoms with E-state index in [1.807, 2.05) is 54.6 Å². The third kappa shape index (κ3) is 3.61. The average Bonchev–Trinajstić information content (AvgIpc) is 2.67. The number of benzene rings is 2. The lowest BCUT2D eigenvalue weighted by Crippen LogP contribution is -1.93. The van der Waals surface area contributed by atoms with Crippen LogP contribution in [0.15, 0.2) is 59.1 Å². The molecule has 0 aliphatic heterocycles. The van der Waals surface area contributed by atoms with Gasteiger partial charge in [0.2, 0.25) is 0 Å². The van der Waals surface area contributed by atoms with E-state index in [0.29, 0.717) is 0 Å². The lowest BCUT2D eigenvalue weighted by Gasteiger charge is -2.11. The fourth-order valence-electron chi connectivity index (χ4n) is 2.58. The summed E-state index contributed by atoms with van der Waals surface area (Å²) < 4.78 is 16.9. The number of hydrogen-bond donors (Lipinski definition) is 0. The minimum Gasteiger partial charge on any atom is -0.497 e. The lowest BCUT2D eigenvalue weighted by atomic mass is 10.1. The van der Waals surface area contributed by atoms with E-state index in [2.05, 4.69) is 15.9 Å². The summed E-state index contributed by atoms with van der Waals surface area (Å²) in [6, 6.07) is 17.5. The lowest BCUT2D eigenvalue weighted by molar-refractivity contribution is 0.395. The molecule has 0 aliphatic rings. The van der Waals surface area contributed by atoms with Gasteiger partial charge in [0.25, 0.3) is 0 Å². The van der Waals surface area contributed by atoms with Gasteiger partial charge in [0.1, 0.15) is 17.2 Å². The average molecular weight is 400 g/mol. The molecule has 0 unspecified atom stereocenters. The summed E-state index contributed by atoms with van der Waals surface area (Å²) in [4.78, 5) is 4.79. The van der Waals surface area contributed by atoms with Crippen LogP contribution in [-0.2, 0) is 0 Å². The van der Waals surface area contributed by atoms with Gasteiger partial charge in [-0.05, 0) is 58.4 Å². The number of nitrogens with zero attached hydrogens (tertiary/aromatic N) is 1. The van der Waals surface area contributed by atoms with Crippen LogP contribution >= 0.6 is 15.9 Å². The smallest absolute Gasteiger partial charge is 0.133 e. The number of aromatic nitrogens is 1. The molecule has 1 aromatic heterocycles. The third-order valence-corrected chi connectivity index (χ3v) is 4.50. The van der Waals surface area contributed by atoms with Crippen LogP contribution in [-0.4, -0.2) is 26.3 Å². The standard InChI is InChI=1S/C20H18BrNO3/c1-23-14-8-9-15(20(12-14)25-3)18-6-4-5-17(22-18)13-7-10-19(24-2)16(21)11-13/h4-12H,1-3H3. The fourth-order valence-corrected chi connectivity index (χ4v) is 3.12. The van der Waals surface area contributed by atoms with E-state index < -0.39 is 0 Å². The molecule has 3 rings (SSSR count). The van der Waals surface area contributed by atoms with Gasteiger partial charge in [0.05, 0.1) is 37.2 Å². The predicted molar refractivity (Wildman–Crippen MR) is 102 cm³/mol. The molecule has 2 aromatic carbocycles. The summed E-state index contributed by atoms with van der Waals surface area (Å²) in [5.41, 5.74) is 3.63. The normalized spacial score (nSPS) is 10.4. The van der Waals surface area contributed by atoms with Gasteiger partial charge in [-0.25, -0.2) is 4.98 Å². The van der Waals surface area contributed by atoms with Crippen LogP contribution in [0.2, 0.25) is 0 Å². The fraction of sp³-hybridized carbons (Fsp3) is 0.150. The molecule has 0 saturated carbocycles. The van der Waals surface area contributed by atoms with Gasteiger partial charge in [-0.2, -0.15) is 0 Å². The van der Waals surface area contributed by atoms with Crippen molar-refractivity contribution in [1.82, 2.24) is 4.98 Å². The van der Waals surface area contributed by atoms with Crippen molar-refractivity contribution < 1.29 is 14.2 Å². The van der Waals surface area contributed by atoms with Gasteiger partial charge in [0, 0.05) is 17.2 Å². The van der Waals surface area contributed by atoms with E-state index in [1.165, 1.54) is 0 Å². The highest BCUT2D eigenvalue weighted by atomic mass is 79.9. The molecular weight excluding hydrogens is 382 g/mol. The Morgan fingerprint density at radius 1 is 0.760 bits per heavy atom. The van der Waals surface area contributed by atoms with E-state index in [-0.39, 0.29) is 0 Å². The molecule has 25 heavy (non-hydrogen) atoms. The van der Waals surface area contributed by atoms with Crippen molar-refractivity contribution in [2.24, 2.45) is 0 Å². The first-order valence-corrected chi connectivity index (χ1v) is 8.49. The molecule has 0 aliphatic carbocycles. The van der Waals surface area contributed by atoms with Crippen molar-refractivity contribution >= 4 is 15.9 Å². The van der Waals surface area contributed by atoms with Gasteiger partial charge in [-0.1, -0.05) is 6.07 Å². The first-order chi connectivity index (χ1) is 12.2. The van der Waals surface area contributed by atoms with Crippen molar-refractivity contribution in [3.63, 3.8) is 0 Å². The van der Waals surface area contributed by atoms with Gasteiger partial charge < -0.3 is 14.2 Å². The van der Waals surface area contributed by atoms with Crippen molar-refractivity contribution in [1.29, 1.82) is 0 Å². The third-order valence-electron chi connectivity index (χ3n) is 3.88. The van der Waals surface area contributed by atoms with Crippen molar-refractivity contribution in [2.45, 2.75) is 0 Å². The molecule has 1 heterocycles. The molecule has 0 radical (unpaired) electrons. The largest absolute Gasteiger partial charge is 0.497 e. The quantitative estimate of drug-likeness (QED) is 0.590. The molecule has 0 bridgehead atoms. The monoisotopic (exact) mass is 399 g/mol. The number of halogens is 1. The number of pyridine rings is 1. The summed E-state index contributed by atoms with van der Waals surface area (Å²) in [5, 5.41) is 0. The molecule has 0 spiro atoms. The summed E-state index contributed by atoms with van der Waals surface area (Å²) >= 11 is 3.52. The maximum absolute atomic E-state index is 5.49. The summed E-state index contributed by atoms with van der Waals surface area (Å²) in [6.07, 6.45) is 0. The summed E-state index contributed by atoms with van der Waals surface area (Å²) in [6.45, 7) is 0. The number of methoxy groups -OCH3 is 3. The Labute approximate surface area is 155 Å². The first-order valence-electron chi connectivity index (χ1n) is 7.69. The van der Waals surface area contributed by atoms with Crippen molar-refractivity contribution in [3.05, 3.63) is 59.1 Å². The van der Waals surface area contributed by atoms with Crippen molar-refractivity contribution in [3.8, 4) is 39.8 Å². The molecule has 0 atom stereocenters. The Morgan fingerprint density at radius 2 is 1.52 bits per heavy atom. The highest BCUT2D eigenvalue weighted by Crippen LogP contribution is 2.34. The predicted octanol–water partition coefficient (Wildman–Crippen LogP) is 5.20.